The quantitative estimate of drug-likeness (QED) is 0.777. The van der Waals surface area contributed by atoms with Crippen LogP contribution >= 0.6 is 0 Å². The average molecular weight is 294 g/mol. The first-order chi connectivity index (χ1) is 9.90. The topological polar surface area (TPSA) is 60.2 Å². The Morgan fingerprint density at radius 2 is 2.24 bits per heavy atom. The summed E-state index contributed by atoms with van der Waals surface area (Å²) in [6, 6.07) is -0.156. The van der Waals surface area contributed by atoms with Crippen molar-refractivity contribution in [1.82, 2.24) is 19.7 Å². The molecule has 118 valence electrons. The number of aryl methyl sites for hydroxylation is 1. The van der Waals surface area contributed by atoms with Crippen molar-refractivity contribution in [2.75, 3.05) is 6.54 Å². The third-order valence-corrected chi connectivity index (χ3v) is 3.52. The van der Waals surface area contributed by atoms with Gasteiger partial charge >= 0.3 is 5.97 Å². The maximum absolute atomic E-state index is 12.3. The van der Waals surface area contributed by atoms with Gasteiger partial charge in [-0.2, -0.15) is 5.10 Å². The normalized spacial score (nSPS) is 19.9. The van der Waals surface area contributed by atoms with E-state index in [-0.39, 0.29) is 12.0 Å². The predicted octanol–water partition coefficient (Wildman–Crippen LogP) is 1.99. The van der Waals surface area contributed by atoms with Crippen LogP contribution in [-0.4, -0.2) is 43.8 Å². The molecule has 2 heterocycles. The van der Waals surface area contributed by atoms with Crippen molar-refractivity contribution >= 4 is 5.97 Å². The molecular weight excluding hydrogens is 268 g/mol. The Morgan fingerprint density at radius 1 is 1.48 bits per heavy atom. The van der Waals surface area contributed by atoms with Crippen molar-refractivity contribution in [2.45, 2.75) is 71.7 Å². The molecule has 0 radical (unpaired) electrons. The largest absolute Gasteiger partial charge is 0.459 e. The van der Waals surface area contributed by atoms with E-state index < -0.39 is 5.60 Å². The van der Waals surface area contributed by atoms with Gasteiger partial charge in [0.25, 0.3) is 0 Å². The Kier molecular flexibility index (Phi) is 4.98. The van der Waals surface area contributed by atoms with E-state index in [4.69, 9.17) is 4.74 Å². The lowest BCUT2D eigenvalue weighted by Crippen LogP contribution is -2.40. The Hall–Kier alpha value is -1.43. The van der Waals surface area contributed by atoms with E-state index in [1.165, 1.54) is 0 Å². The van der Waals surface area contributed by atoms with E-state index >= 15 is 0 Å². The first kappa shape index (κ1) is 15.9. The maximum Gasteiger partial charge on any atom is 0.323 e. The van der Waals surface area contributed by atoms with Gasteiger partial charge in [0.05, 0.1) is 6.54 Å². The van der Waals surface area contributed by atoms with Crippen molar-refractivity contribution < 1.29 is 9.53 Å². The van der Waals surface area contributed by atoms with Crippen molar-refractivity contribution in [2.24, 2.45) is 0 Å². The smallest absolute Gasteiger partial charge is 0.323 e. The van der Waals surface area contributed by atoms with Crippen LogP contribution in [0.1, 0.15) is 52.8 Å². The monoisotopic (exact) mass is 294 g/mol. The Labute approximate surface area is 126 Å². The average Bonchev–Trinajstić information content (AvgIpc) is 2.98. The number of hydrogen-bond acceptors (Lipinski definition) is 5. The van der Waals surface area contributed by atoms with Gasteiger partial charge in [0.15, 0.2) is 0 Å². The minimum atomic E-state index is -0.437. The standard InChI is InChI=1S/C15H26N4O2/c1-5-8-19-13(16-11-17-19)10-18-9-6-7-12(18)14(20)21-15(2,3)4/h11-12H,5-10H2,1-4H3/t12-/m1/s1. The van der Waals surface area contributed by atoms with Crippen LogP contribution in [0.25, 0.3) is 0 Å². The molecule has 6 heteroatoms. The number of likely N-dealkylation sites (tertiary alicyclic amines) is 1. The van der Waals surface area contributed by atoms with Gasteiger partial charge in [-0.15, -0.1) is 0 Å². The van der Waals surface area contributed by atoms with Crippen LogP contribution in [0.15, 0.2) is 6.33 Å². The fraction of sp³-hybridized carbons (Fsp3) is 0.800. The Bertz CT molecular complexity index is 478. The highest BCUT2D eigenvalue weighted by Gasteiger charge is 2.34. The number of carbonyl (C=O) groups is 1. The first-order valence-electron chi connectivity index (χ1n) is 7.74. The minimum absolute atomic E-state index is 0.124. The summed E-state index contributed by atoms with van der Waals surface area (Å²) in [5.41, 5.74) is -0.437. The minimum Gasteiger partial charge on any atom is -0.459 e. The van der Waals surface area contributed by atoms with Gasteiger partial charge in [-0.3, -0.25) is 9.69 Å². The van der Waals surface area contributed by atoms with Crippen molar-refractivity contribution in [1.29, 1.82) is 0 Å². The molecule has 0 saturated carbocycles. The zero-order valence-electron chi connectivity index (χ0n) is 13.5. The van der Waals surface area contributed by atoms with Gasteiger partial charge < -0.3 is 4.74 Å². The van der Waals surface area contributed by atoms with Crippen LogP contribution in [0.3, 0.4) is 0 Å². The molecular formula is C15H26N4O2. The van der Waals surface area contributed by atoms with Gasteiger partial charge in [0, 0.05) is 6.54 Å². The van der Waals surface area contributed by atoms with Crippen LogP contribution in [0.5, 0.6) is 0 Å². The molecule has 0 spiro atoms. The lowest BCUT2D eigenvalue weighted by Gasteiger charge is -2.27. The Morgan fingerprint density at radius 3 is 2.90 bits per heavy atom. The van der Waals surface area contributed by atoms with Gasteiger partial charge in [-0.05, 0) is 46.6 Å². The first-order valence-corrected chi connectivity index (χ1v) is 7.74. The van der Waals surface area contributed by atoms with Crippen LogP contribution < -0.4 is 0 Å². The third-order valence-electron chi connectivity index (χ3n) is 3.52. The van der Waals surface area contributed by atoms with Crippen molar-refractivity contribution in [3.63, 3.8) is 0 Å². The van der Waals surface area contributed by atoms with Crippen LogP contribution in [0.2, 0.25) is 0 Å². The number of rotatable bonds is 5. The number of esters is 1. The van der Waals surface area contributed by atoms with Gasteiger partial charge in [-0.25, -0.2) is 9.67 Å². The van der Waals surface area contributed by atoms with E-state index in [2.05, 4.69) is 21.9 Å². The molecule has 2 rings (SSSR count). The van der Waals surface area contributed by atoms with Gasteiger partial charge in [-0.1, -0.05) is 6.92 Å². The molecule has 0 aliphatic carbocycles. The summed E-state index contributed by atoms with van der Waals surface area (Å²) < 4.78 is 7.45. The predicted molar refractivity (Wildman–Crippen MR) is 79.6 cm³/mol. The molecule has 1 saturated heterocycles. The van der Waals surface area contributed by atoms with Crippen molar-refractivity contribution in [3.8, 4) is 0 Å². The van der Waals surface area contributed by atoms with Crippen molar-refractivity contribution in [3.05, 3.63) is 12.2 Å². The highest BCUT2D eigenvalue weighted by atomic mass is 16.6. The lowest BCUT2D eigenvalue weighted by atomic mass is 10.1. The second-order valence-corrected chi connectivity index (χ2v) is 6.56. The molecule has 1 aliphatic rings. The molecule has 0 aromatic carbocycles. The molecule has 1 aromatic heterocycles. The third kappa shape index (κ3) is 4.27. The van der Waals surface area contributed by atoms with E-state index in [0.717, 1.165) is 38.2 Å². The number of ether oxygens (including phenoxy) is 1. The van der Waals surface area contributed by atoms with Gasteiger partial charge in [0.1, 0.15) is 23.8 Å². The molecule has 0 amide bonds. The summed E-state index contributed by atoms with van der Waals surface area (Å²) in [6.45, 7) is 10.3. The highest BCUT2D eigenvalue weighted by molar-refractivity contribution is 5.76. The molecule has 1 aromatic rings. The molecule has 0 unspecified atom stereocenters. The molecule has 1 fully saturated rings. The fourth-order valence-electron chi connectivity index (χ4n) is 2.64. The molecule has 21 heavy (non-hydrogen) atoms. The zero-order chi connectivity index (χ0) is 15.5. The lowest BCUT2D eigenvalue weighted by molar-refractivity contribution is -0.160. The number of carbonyl (C=O) groups excluding carboxylic acids is 1. The summed E-state index contributed by atoms with van der Waals surface area (Å²) in [5.74, 6) is 0.800. The second kappa shape index (κ2) is 6.56. The number of nitrogens with zero attached hydrogens (tertiary/aromatic N) is 4. The van der Waals surface area contributed by atoms with E-state index in [1.807, 2.05) is 25.5 Å². The number of hydrogen-bond donors (Lipinski definition) is 0. The summed E-state index contributed by atoms with van der Waals surface area (Å²) in [7, 11) is 0. The number of aromatic nitrogens is 3. The molecule has 1 aliphatic heterocycles. The molecule has 1 atom stereocenters. The zero-order valence-corrected chi connectivity index (χ0v) is 13.5. The van der Waals surface area contributed by atoms with E-state index in [1.54, 1.807) is 6.33 Å². The summed E-state index contributed by atoms with van der Waals surface area (Å²) in [5, 5.41) is 4.24. The van der Waals surface area contributed by atoms with Crippen LogP contribution in [0.4, 0.5) is 0 Å². The van der Waals surface area contributed by atoms with Crippen LogP contribution in [-0.2, 0) is 22.6 Å². The van der Waals surface area contributed by atoms with E-state index in [0.29, 0.717) is 6.54 Å². The summed E-state index contributed by atoms with van der Waals surface area (Å²) in [6.07, 6.45) is 4.48. The highest BCUT2D eigenvalue weighted by Crippen LogP contribution is 2.22. The maximum atomic E-state index is 12.3. The molecule has 0 bridgehead atoms. The molecule has 6 nitrogen and oxygen atoms in total. The SMILES string of the molecule is CCCn1ncnc1CN1CCC[C@@H]1C(=O)OC(C)(C)C. The summed E-state index contributed by atoms with van der Waals surface area (Å²) >= 11 is 0. The fourth-order valence-corrected chi connectivity index (χ4v) is 2.64. The summed E-state index contributed by atoms with van der Waals surface area (Å²) in [4.78, 5) is 18.8. The molecule has 0 N–H and O–H groups in total. The Balaban J connectivity index is 2.01. The second-order valence-electron chi connectivity index (χ2n) is 6.56. The van der Waals surface area contributed by atoms with Crippen LogP contribution in [0, 0.1) is 0 Å². The van der Waals surface area contributed by atoms with Gasteiger partial charge in [0.2, 0.25) is 0 Å². The van der Waals surface area contributed by atoms with E-state index in [9.17, 15) is 4.79 Å².